The molecule has 0 aliphatic rings. The molecule has 1 aromatic heterocycles. The van der Waals surface area contributed by atoms with Crippen molar-refractivity contribution in [1.82, 2.24) is 10.2 Å². The fraction of sp³-hybridized carbons (Fsp3) is 0.231. The number of aryl methyl sites for hydroxylation is 3. The van der Waals surface area contributed by atoms with Crippen molar-refractivity contribution in [3.05, 3.63) is 50.8 Å². The van der Waals surface area contributed by atoms with E-state index in [9.17, 15) is 14.9 Å². The highest BCUT2D eigenvalue weighted by Gasteiger charge is 2.21. The zero-order valence-electron chi connectivity index (χ0n) is 11.4. The van der Waals surface area contributed by atoms with Crippen LogP contribution in [0, 0.1) is 30.9 Å². The molecule has 7 nitrogen and oxygen atoms in total. The van der Waals surface area contributed by atoms with Gasteiger partial charge >= 0.3 is 0 Å². The standard InChI is InChI=1S/C13H14N4O3/c1-7-4-5-11(17(19)20)10(6-7)13(18)14-12-8(2)15-16-9(12)3/h4-6H,1-3H3,(H,14,18)(H,15,16). The Morgan fingerprint density at radius 2 is 2.05 bits per heavy atom. The van der Waals surface area contributed by atoms with Crippen LogP contribution in [0.2, 0.25) is 0 Å². The number of anilines is 1. The molecule has 1 amide bonds. The van der Waals surface area contributed by atoms with E-state index in [-0.39, 0.29) is 11.3 Å². The van der Waals surface area contributed by atoms with Crippen molar-refractivity contribution in [2.45, 2.75) is 20.8 Å². The number of aromatic amines is 1. The van der Waals surface area contributed by atoms with Crippen LogP contribution in [0.4, 0.5) is 11.4 Å². The van der Waals surface area contributed by atoms with Gasteiger partial charge in [-0.3, -0.25) is 20.0 Å². The van der Waals surface area contributed by atoms with E-state index in [0.29, 0.717) is 17.1 Å². The Balaban J connectivity index is 2.39. The van der Waals surface area contributed by atoms with Gasteiger partial charge in [-0.2, -0.15) is 5.10 Å². The van der Waals surface area contributed by atoms with E-state index >= 15 is 0 Å². The van der Waals surface area contributed by atoms with Crippen LogP contribution in [-0.2, 0) is 0 Å². The van der Waals surface area contributed by atoms with Crippen molar-refractivity contribution in [3.63, 3.8) is 0 Å². The summed E-state index contributed by atoms with van der Waals surface area (Å²) in [7, 11) is 0. The van der Waals surface area contributed by atoms with E-state index in [1.807, 2.05) is 0 Å². The summed E-state index contributed by atoms with van der Waals surface area (Å²) >= 11 is 0. The second-order valence-electron chi connectivity index (χ2n) is 4.54. The summed E-state index contributed by atoms with van der Waals surface area (Å²) in [6.07, 6.45) is 0. The minimum absolute atomic E-state index is 0.0370. The summed E-state index contributed by atoms with van der Waals surface area (Å²) in [5, 5.41) is 20.3. The molecule has 0 fully saturated rings. The number of rotatable bonds is 3. The van der Waals surface area contributed by atoms with Crippen LogP contribution in [0.1, 0.15) is 27.3 Å². The van der Waals surface area contributed by atoms with Crippen LogP contribution in [0.15, 0.2) is 18.2 Å². The van der Waals surface area contributed by atoms with Crippen molar-refractivity contribution in [1.29, 1.82) is 0 Å². The highest BCUT2D eigenvalue weighted by atomic mass is 16.6. The molecule has 0 saturated carbocycles. The second kappa shape index (κ2) is 5.12. The Hall–Kier alpha value is -2.70. The van der Waals surface area contributed by atoms with Gasteiger partial charge in [0.15, 0.2) is 0 Å². The molecule has 20 heavy (non-hydrogen) atoms. The number of H-pyrrole nitrogens is 1. The zero-order valence-corrected chi connectivity index (χ0v) is 11.4. The van der Waals surface area contributed by atoms with E-state index < -0.39 is 10.8 Å². The number of nitro groups is 1. The molecule has 0 saturated heterocycles. The first kappa shape index (κ1) is 13.7. The largest absolute Gasteiger partial charge is 0.319 e. The van der Waals surface area contributed by atoms with Gasteiger partial charge in [0, 0.05) is 6.07 Å². The number of benzene rings is 1. The molecule has 0 aliphatic heterocycles. The van der Waals surface area contributed by atoms with Crippen LogP contribution in [-0.4, -0.2) is 21.0 Å². The number of amides is 1. The first-order valence-electron chi connectivity index (χ1n) is 5.98. The van der Waals surface area contributed by atoms with E-state index in [1.165, 1.54) is 12.1 Å². The van der Waals surface area contributed by atoms with Gasteiger partial charge in [-0.05, 0) is 32.4 Å². The molecule has 104 valence electrons. The average Bonchev–Trinajstić information content (AvgIpc) is 2.70. The van der Waals surface area contributed by atoms with Crippen molar-refractivity contribution in [2.24, 2.45) is 0 Å². The molecule has 1 aromatic carbocycles. The normalized spacial score (nSPS) is 10.3. The first-order valence-corrected chi connectivity index (χ1v) is 5.98. The number of nitrogens with one attached hydrogen (secondary N) is 2. The lowest BCUT2D eigenvalue weighted by Crippen LogP contribution is -2.15. The summed E-state index contributed by atoms with van der Waals surface area (Å²) < 4.78 is 0. The van der Waals surface area contributed by atoms with Crippen LogP contribution in [0.5, 0.6) is 0 Å². The molecule has 7 heteroatoms. The SMILES string of the molecule is Cc1ccc([N+](=O)[O-])c(C(=O)Nc2c(C)n[nH]c2C)c1. The predicted octanol–water partition coefficient (Wildman–Crippen LogP) is 2.50. The number of carbonyl (C=O) groups is 1. The van der Waals surface area contributed by atoms with Crippen molar-refractivity contribution in [2.75, 3.05) is 5.32 Å². The third kappa shape index (κ3) is 2.51. The maximum absolute atomic E-state index is 12.2. The molecule has 1 heterocycles. The highest BCUT2D eigenvalue weighted by molar-refractivity contribution is 6.07. The maximum Gasteiger partial charge on any atom is 0.282 e. The molecule has 0 radical (unpaired) electrons. The van der Waals surface area contributed by atoms with Gasteiger partial charge in [0.2, 0.25) is 0 Å². The maximum atomic E-state index is 12.2. The lowest BCUT2D eigenvalue weighted by Gasteiger charge is -2.06. The Morgan fingerprint density at radius 1 is 1.35 bits per heavy atom. The van der Waals surface area contributed by atoms with E-state index in [1.54, 1.807) is 26.8 Å². The third-order valence-electron chi connectivity index (χ3n) is 2.96. The zero-order chi connectivity index (χ0) is 14.9. The second-order valence-corrected chi connectivity index (χ2v) is 4.54. The number of carbonyl (C=O) groups excluding carboxylic acids is 1. The number of aromatic nitrogens is 2. The molecular formula is C13H14N4O3. The van der Waals surface area contributed by atoms with Crippen LogP contribution < -0.4 is 5.32 Å². The minimum Gasteiger partial charge on any atom is -0.319 e. The summed E-state index contributed by atoms with van der Waals surface area (Å²) in [4.78, 5) is 22.7. The van der Waals surface area contributed by atoms with Crippen LogP contribution in [0.25, 0.3) is 0 Å². The fourth-order valence-electron chi connectivity index (χ4n) is 1.91. The Labute approximate surface area is 115 Å². The van der Waals surface area contributed by atoms with E-state index in [4.69, 9.17) is 0 Å². The van der Waals surface area contributed by atoms with E-state index in [0.717, 1.165) is 5.56 Å². The monoisotopic (exact) mass is 274 g/mol. The molecule has 2 N–H and O–H groups in total. The lowest BCUT2D eigenvalue weighted by atomic mass is 10.1. The Bertz CT molecular complexity index is 671. The molecule has 0 unspecified atom stereocenters. The summed E-state index contributed by atoms with van der Waals surface area (Å²) in [6, 6.07) is 4.43. The van der Waals surface area contributed by atoms with Gasteiger partial charge in [-0.15, -0.1) is 0 Å². The van der Waals surface area contributed by atoms with Gasteiger partial charge in [0.1, 0.15) is 5.56 Å². The quantitative estimate of drug-likeness (QED) is 0.663. The highest BCUT2D eigenvalue weighted by Crippen LogP contribution is 2.23. The molecule has 2 aromatic rings. The lowest BCUT2D eigenvalue weighted by molar-refractivity contribution is -0.385. The van der Waals surface area contributed by atoms with Gasteiger partial charge in [-0.1, -0.05) is 6.07 Å². The number of nitrogens with zero attached hydrogens (tertiary/aromatic N) is 2. The van der Waals surface area contributed by atoms with Crippen molar-refractivity contribution in [3.8, 4) is 0 Å². The topological polar surface area (TPSA) is 101 Å². The van der Waals surface area contributed by atoms with Gasteiger partial charge in [0.05, 0.1) is 22.0 Å². The third-order valence-corrected chi connectivity index (χ3v) is 2.96. The summed E-state index contributed by atoms with van der Waals surface area (Å²) in [6.45, 7) is 5.28. The first-order chi connectivity index (χ1) is 9.40. The van der Waals surface area contributed by atoms with Gasteiger partial charge in [-0.25, -0.2) is 0 Å². The smallest absolute Gasteiger partial charge is 0.282 e. The molecule has 0 aliphatic carbocycles. The van der Waals surface area contributed by atoms with Crippen LogP contribution >= 0.6 is 0 Å². The van der Waals surface area contributed by atoms with Crippen LogP contribution in [0.3, 0.4) is 0 Å². The molecule has 0 spiro atoms. The Morgan fingerprint density at radius 3 is 2.60 bits per heavy atom. The summed E-state index contributed by atoms with van der Waals surface area (Å²) in [5.74, 6) is -0.520. The molecule has 2 rings (SSSR count). The minimum atomic E-state index is -0.566. The average molecular weight is 274 g/mol. The number of nitro benzene ring substituents is 1. The number of hydrogen-bond donors (Lipinski definition) is 2. The number of hydrogen-bond acceptors (Lipinski definition) is 4. The fourth-order valence-corrected chi connectivity index (χ4v) is 1.91. The predicted molar refractivity (Wildman–Crippen MR) is 73.8 cm³/mol. The van der Waals surface area contributed by atoms with Gasteiger partial charge < -0.3 is 5.32 Å². The Kier molecular flexibility index (Phi) is 3.51. The summed E-state index contributed by atoms with van der Waals surface area (Å²) in [5.41, 5.74) is 2.48. The van der Waals surface area contributed by atoms with Crippen molar-refractivity contribution < 1.29 is 9.72 Å². The van der Waals surface area contributed by atoms with Crippen molar-refractivity contribution >= 4 is 17.3 Å². The van der Waals surface area contributed by atoms with Gasteiger partial charge in [0.25, 0.3) is 11.6 Å². The molecule has 0 atom stereocenters. The van der Waals surface area contributed by atoms with E-state index in [2.05, 4.69) is 15.5 Å². The molecular weight excluding hydrogens is 260 g/mol. The molecule has 0 bridgehead atoms.